The van der Waals surface area contributed by atoms with Gasteiger partial charge in [-0.05, 0) is 40.3 Å². The molecule has 0 saturated heterocycles. The molecule has 0 aromatic rings. The van der Waals surface area contributed by atoms with Crippen LogP contribution in [0.5, 0.6) is 0 Å². The molecule has 1 fully saturated rings. The van der Waals surface area contributed by atoms with E-state index in [1.54, 1.807) is 0 Å². The summed E-state index contributed by atoms with van der Waals surface area (Å²) in [5, 5.41) is 3.54. The van der Waals surface area contributed by atoms with Gasteiger partial charge in [0.2, 0.25) is 0 Å². The summed E-state index contributed by atoms with van der Waals surface area (Å²) in [5.41, 5.74) is 0. The Morgan fingerprint density at radius 3 is 2.19 bits per heavy atom. The van der Waals surface area contributed by atoms with Crippen molar-refractivity contribution in [2.45, 2.75) is 77.4 Å². The summed E-state index contributed by atoms with van der Waals surface area (Å²) in [7, 11) is 2.31. The zero-order valence-electron chi connectivity index (χ0n) is 11.6. The molecule has 1 rings (SSSR count). The van der Waals surface area contributed by atoms with E-state index < -0.39 is 0 Å². The molecule has 0 spiro atoms. The molecule has 2 atom stereocenters. The molecule has 2 nitrogen and oxygen atoms in total. The van der Waals surface area contributed by atoms with Crippen molar-refractivity contribution in [2.75, 3.05) is 13.6 Å². The molecule has 0 radical (unpaired) electrons. The van der Waals surface area contributed by atoms with E-state index in [9.17, 15) is 0 Å². The molecule has 1 saturated carbocycles. The van der Waals surface area contributed by atoms with E-state index >= 15 is 0 Å². The van der Waals surface area contributed by atoms with Gasteiger partial charge in [0.1, 0.15) is 0 Å². The Labute approximate surface area is 102 Å². The Bertz CT molecular complexity index is 174. The average Bonchev–Trinajstić information content (AvgIpc) is 2.56. The van der Waals surface area contributed by atoms with Gasteiger partial charge in [-0.15, -0.1) is 0 Å². The first-order valence-corrected chi connectivity index (χ1v) is 7.12. The monoisotopic (exact) mass is 226 g/mol. The van der Waals surface area contributed by atoms with Crippen molar-refractivity contribution >= 4 is 0 Å². The van der Waals surface area contributed by atoms with Crippen LogP contribution in [0.1, 0.15) is 59.3 Å². The zero-order valence-corrected chi connectivity index (χ0v) is 11.6. The molecule has 0 amide bonds. The van der Waals surface area contributed by atoms with E-state index in [0.717, 1.165) is 12.6 Å². The van der Waals surface area contributed by atoms with Crippen molar-refractivity contribution in [3.8, 4) is 0 Å². The van der Waals surface area contributed by atoms with Gasteiger partial charge < -0.3 is 5.32 Å². The standard InChI is InChI=1S/C14H30N2/c1-5-15-12(2)13(3)16(4)14-10-8-6-7-9-11-14/h12-15H,5-11H2,1-4H3. The van der Waals surface area contributed by atoms with Crippen LogP contribution in [0.15, 0.2) is 0 Å². The van der Waals surface area contributed by atoms with Gasteiger partial charge in [-0.25, -0.2) is 0 Å². The minimum absolute atomic E-state index is 0.596. The molecule has 1 aliphatic carbocycles. The molecular formula is C14H30N2. The van der Waals surface area contributed by atoms with Gasteiger partial charge in [0.05, 0.1) is 0 Å². The van der Waals surface area contributed by atoms with Crippen LogP contribution in [-0.4, -0.2) is 36.6 Å². The second kappa shape index (κ2) is 7.29. The van der Waals surface area contributed by atoms with Crippen molar-refractivity contribution in [2.24, 2.45) is 0 Å². The van der Waals surface area contributed by atoms with Crippen molar-refractivity contribution in [1.82, 2.24) is 10.2 Å². The van der Waals surface area contributed by atoms with Gasteiger partial charge >= 0.3 is 0 Å². The number of nitrogens with zero attached hydrogens (tertiary/aromatic N) is 1. The molecule has 0 heterocycles. The molecule has 16 heavy (non-hydrogen) atoms. The maximum atomic E-state index is 3.54. The molecule has 1 aliphatic rings. The molecule has 96 valence electrons. The van der Waals surface area contributed by atoms with Gasteiger partial charge in [-0.3, -0.25) is 4.90 Å². The largest absolute Gasteiger partial charge is 0.313 e. The second-order valence-electron chi connectivity index (χ2n) is 5.40. The van der Waals surface area contributed by atoms with Crippen LogP contribution >= 0.6 is 0 Å². The van der Waals surface area contributed by atoms with E-state index in [2.05, 4.69) is 38.0 Å². The lowest BCUT2D eigenvalue weighted by Gasteiger charge is -2.36. The van der Waals surface area contributed by atoms with Crippen LogP contribution in [0.2, 0.25) is 0 Å². The fourth-order valence-corrected chi connectivity index (χ4v) is 2.84. The molecule has 0 aliphatic heterocycles. The molecular weight excluding hydrogens is 196 g/mol. The average molecular weight is 226 g/mol. The third-order valence-corrected chi connectivity index (χ3v) is 4.29. The van der Waals surface area contributed by atoms with E-state index in [1.165, 1.54) is 38.5 Å². The summed E-state index contributed by atoms with van der Waals surface area (Å²) in [4.78, 5) is 2.61. The molecule has 2 heteroatoms. The Kier molecular flexibility index (Phi) is 6.37. The highest BCUT2D eigenvalue weighted by Gasteiger charge is 2.23. The summed E-state index contributed by atoms with van der Waals surface area (Å²) in [5.74, 6) is 0. The lowest BCUT2D eigenvalue weighted by molar-refractivity contribution is 0.142. The summed E-state index contributed by atoms with van der Waals surface area (Å²) < 4.78 is 0. The first kappa shape index (κ1) is 14.0. The summed E-state index contributed by atoms with van der Waals surface area (Å²) >= 11 is 0. The minimum Gasteiger partial charge on any atom is -0.313 e. The topological polar surface area (TPSA) is 15.3 Å². The zero-order chi connectivity index (χ0) is 12.0. The lowest BCUT2D eigenvalue weighted by Crippen LogP contribution is -2.49. The van der Waals surface area contributed by atoms with Gasteiger partial charge in [-0.2, -0.15) is 0 Å². The third-order valence-electron chi connectivity index (χ3n) is 4.29. The fraction of sp³-hybridized carbons (Fsp3) is 1.00. The molecule has 0 aromatic heterocycles. The molecule has 0 aromatic carbocycles. The van der Waals surface area contributed by atoms with Crippen molar-refractivity contribution < 1.29 is 0 Å². The van der Waals surface area contributed by atoms with Gasteiger partial charge in [0, 0.05) is 18.1 Å². The molecule has 1 N–H and O–H groups in total. The van der Waals surface area contributed by atoms with Crippen molar-refractivity contribution in [3.05, 3.63) is 0 Å². The Morgan fingerprint density at radius 2 is 1.69 bits per heavy atom. The second-order valence-corrected chi connectivity index (χ2v) is 5.40. The van der Waals surface area contributed by atoms with E-state index in [-0.39, 0.29) is 0 Å². The van der Waals surface area contributed by atoms with E-state index in [1.807, 2.05) is 0 Å². The highest BCUT2D eigenvalue weighted by atomic mass is 15.2. The van der Waals surface area contributed by atoms with Crippen molar-refractivity contribution in [1.29, 1.82) is 0 Å². The quantitative estimate of drug-likeness (QED) is 0.725. The van der Waals surface area contributed by atoms with Crippen LogP contribution in [0.4, 0.5) is 0 Å². The SMILES string of the molecule is CCNC(C)C(C)N(C)C1CCCCCC1. The van der Waals surface area contributed by atoms with Crippen molar-refractivity contribution in [3.63, 3.8) is 0 Å². The van der Waals surface area contributed by atoms with Gasteiger partial charge in [0.15, 0.2) is 0 Å². The predicted octanol–water partition coefficient (Wildman–Crippen LogP) is 3.03. The Hall–Kier alpha value is -0.0800. The first-order valence-electron chi connectivity index (χ1n) is 7.12. The smallest absolute Gasteiger partial charge is 0.0218 e. The number of hydrogen-bond donors (Lipinski definition) is 1. The Balaban J connectivity index is 2.43. The summed E-state index contributed by atoms with van der Waals surface area (Å²) in [6.45, 7) is 7.93. The van der Waals surface area contributed by atoms with Crippen LogP contribution in [0, 0.1) is 0 Å². The number of likely N-dealkylation sites (N-methyl/N-ethyl adjacent to an activating group) is 2. The van der Waals surface area contributed by atoms with Crippen LogP contribution in [0.25, 0.3) is 0 Å². The number of nitrogens with one attached hydrogen (secondary N) is 1. The minimum atomic E-state index is 0.596. The number of rotatable bonds is 5. The predicted molar refractivity (Wildman–Crippen MR) is 71.9 cm³/mol. The summed E-state index contributed by atoms with van der Waals surface area (Å²) in [6.07, 6.45) is 8.55. The number of hydrogen-bond acceptors (Lipinski definition) is 2. The Morgan fingerprint density at radius 1 is 1.12 bits per heavy atom. The van der Waals surface area contributed by atoms with Gasteiger partial charge in [0.25, 0.3) is 0 Å². The maximum absolute atomic E-state index is 3.54. The lowest BCUT2D eigenvalue weighted by atomic mass is 10.0. The van der Waals surface area contributed by atoms with Crippen LogP contribution in [0.3, 0.4) is 0 Å². The molecule has 0 bridgehead atoms. The van der Waals surface area contributed by atoms with Gasteiger partial charge in [-0.1, -0.05) is 32.6 Å². The fourth-order valence-electron chi connectivity index (χ4n) is 2.84. The van der Waals surface area contributed by atoms with E-state index in [4.69, 9.17) is 0 Å². The molecule has 2 unspecified atom stereocenters. The maximum Gasteiger partial charge on any atom is 0.0218 e. The first-order chi connectivity index (χ1) is 7.66. The highest BCUT2D eigenvalue weighted by molar-refractivity contribution is 4.81. The third kappa shape index (κ3) is 4.06. The van der Waals surface area contributed by atoms with Crippen LogP contribution in [-0.2, 0) is 0 Å². The summed E-state index contributed by atoms with van der Waals surface area (Å²) in [6, 6.07) is 2.06. The highest BCUT2D eigenvalue weighted by Crippen LogP contribution is 2.22. The van der Waals surface area contributed by atoms with E-state index in [0.29, 0.717) is 12.1 Å². The van der Waals surface area contributed by atoms with Crippen LogP contribution < -0.4 is 5.32 Å². The normalized spacial score (nSPS) is 23.1.